The van der Waals surface area contributed by atoms with Gasteiger partial charge in [-0.05, 0) is 36.2 Å². The average Bonchev–Trinajstić information content (AvgIpc) is 2.44. The standard InChI is InChI=1S/C15H21IO3/c1-2-19-14(17)15(18,11-7-4-8-12-16)13-9-5-3-6-10-13/h3,5-6,9-10,18H,2,4,7-8,11-12H2,1H3/t15-/m0/s1. The van der Waals surface area contributed by atoms with Gasteiger partial charge in [0.2, 0.25) is 0 Å². The molecule has 1 N–H and O–H groups in total. The van der Waals surface area contributed by atoms with Crippen LogP contribution in [0, 0.1) is 0 Å². The van der Waals surface area contributed by atoms with Crippen molar-refractivity contribution in [1.29, 1.82) is 0 Å². The number of ether oxygens (including phenoxy) is 1. The van der Waals surface area contributed by atoms with Gasteiger partial charge in [-0.15, -0.1) is 0 Å². The van der Waals surface area contributed by atoms with Crippen LogP contribution in [0.1, 0.15) is 38.2 Å². The minimum absolute atomic E-state index is 0.279. The van der Waals surface area contributed by atoms with Gasteiger partial charge < -0.3 is 9.84 Å². The summed E-state index contributed by atoms with van der Waals surface area (Å²) in [5.74, 6) is -0.546. The highest BCUT2D eigenvalue weighted by Crippen LogP contribution is 2.29. The normalized spacial score (nSPS) is 13.8. The Hall–Kier alpha value is -0.620. The zero-order valence-electron chi connectivity index (χ0n) is 11.3. The second-order valence-corrected chi connectivity index (χ2v) is 5.53. The fraction of sp³-hybridized carbons (Fsp3) is 0.533. The van der Waals surface area contributed by atoms with Gasteiger partial charge in [-0.2, -0.15) is 0 Å². The van der Waals surface area contributed by atoms with Crippen molar-refractivity contribution in [3.05, 3.63) is 35.9 Å². The second kappa shape index (κ2) is 8.53. The van der Waals surface area contributed by atoms with Gasteiger partial charge in [-0.25, -0.2) is 4.79 Å². The molecule has 0 unspecified atom stereocenters. The maximum atomic E-state index is 12.1. The number of esters is 1. The van der Waals surface area contributed by atoms with Crippen LogP contribution in [-0.2, 0) is 15.1 Å². The van der Waals surface area contributed by atoms with Crippen LogP contribution in [0.4, 0.5) is 0 Å². The lowest BCUT2D eigenvalue weighted by molar-refractivity contribution is -0.167. The van der Waals surface area contributed by atoms with Crippen molar-refractivity contribution in [2.45, 2.75) is 38.2 Å². The molecule has 0 aliphatic carbocycles. The molecule has 1 rings (SSSR count). The van der Waals surface area contributed by atoms with Gasteiger partial charge in [0, 0.05) is 0 Å². The summed E-state index contributed by atoms with van der Waals surface area (Å²) in [5.41, 5.74) is -0.898. The van der Waals surface area contributed by atoms with E-state index in [1.807, 2.05) is 18.2 Å². The third-order valence-electron chi connectivity index (χ3n) is 3.04. The highest BCUT2D eigenvalue weighted by atomic mass is 127. The number of hydrogen-bond acceptors (Lipinski definition) is 3. The van der Waals surface area contributed by atoms with Crippen LogP contribution in [0.25, 0.3) is 0 Å². The van der Waals surface area contributed by atoms with Crippen LogP contribution in [0.2, 0.25) is 0 Å². The summed E-state index contributed by atoms with van der Waals surface area (Å²) in [5, 5.41) is 10.7. The Kier molecular flexibility index (Phi) is 7.38. The third kappa shape index (κ3) is 4.76. The molecule has 0 bridgehead atoms. The SMILES string of the molecule is CCOC(=O)[C@](O)(CCCCCI)c1ccccc1. The summed E-state index contributed by atoms with van der Waals surface area (Å²) in [4.78, 5) is 12.1. The summed E-state index contributed by atoms with van der Waals surface area (Å²) < 4.78 is 6.13. The molecule has 0 aliphatic rings. The Labute approximate surface area is 128 Å². The van der Waals surface area contributed by atoms with Crippen molar-refractivity contribution in [3.63, 3.8) is 0 Å². The number of benzene rings is 1. The Morgan fingerprint density at radius 1 is 1.26 bits per heavy atom. The predicted octanol–water partition coefficient (Wildman–Crippen LogP) is 3.43. The Bertz CT molecular complexity index is 380. The molecule has 1 aromatic rings. The molecular formula is C15H21IO3. The van der Waals surface area contributed by atoms with E-state index < -0.39 is 11.6 Å². The maximum Gasteiger partial charge on any atom is 0.342 e. The second-order valence-electron chi connectivity index (χ2n) is 4.45. The first-order chi connectivity index (χ1) is 9.15. The molecular weight excluding hydrogens is 355 g/mol. The van der Waals surface area contributed by atoms with Gasteiger partial charge in [-0.1, -0.05) is 59.3 Å². The summed E-state index contributed by atoms with van der Waals surface area (Å²) in [6, 6.07) is 9.06. The molecule has 19 heavy (non-hydrogen) atoms. The zero-order chi connectivity index (χ0) is 14.1. The van der Waals surface area contributed by atoms with Crippen molar-refractivity contribution in [3.8, 4) is 0 Å². The third-order valence-corrected chi connectivity index (χ3v) is 3.80. The zero-order valence-corrected chi connectivity index (χ0v) is 13.4. The minimum atomic E-state index is -1.51. The molecule has 106 valence electrons. The maximum absolute atomic E-state index is 12.1. The van der Waals surface area contributed by atoms with E-state index in [-0.39, 0.29) is 6.61 Å². The van der Waals surface area contributed by atoms with Crippen molar-refractivity contribution >= 4 is 28.6 Å². The number of hydrogen-bond donors (Lipinski definition) is 1. The number of carbonyl (C=O) groups excluding carboxylic acids is 1. The van der Waals surface area contributed by atoms with Crippen LogP contribution in [0.15, 0.2) is 30.3 Å². The van der Waals surface area contributed by atoms with Crippen LogP contribution in [0.3, 0.4) is 0 Å². The quantitative estimate of drug-likeness (QED) is 0.327. The summed E-state index contributed by atoms with van der Waals surface area (Å²) in [6.07, 6.45) is 3.34. The topological polar surface area (TPSA) is 46.5 Å². The number of carbonyl (C=O) groups is 1. The molecule has 0 fully saturated rings. The highest BCUT2D eigenvalue weighted by Gasteiger charge is 2.38. The van der Waals surface area contributed by atoms with Crippen molar-refractivity contribution < 1.29 is 14.6 Å². The van der Waals surface area contributed by atoms with Crippen molar-refractivity contribution in [2.75, 3.05) is 11.0 Å². The average molecular weight is 376 g/mol. The van der Waals surface area contributed by atoms with E-state index in [2.05, 4.69) is 22.6 Å². The Morgan fingerprint density at radius 2 is 1.95 bits per heavy atom. The van der Waals surface area contributed by atoms with E-state index in [0.29, 0.717) is 12.0 Å². The number of rotatable bonds is 8. The first-order valence-corrected chi connectivity index (χ1v) is 8.18. The molecule has 4 heteroatoms. The number of aliphatic hydroxyl groups is 1. The molecule has 0 aliphatic heterocycles. The van der Waals surface area contributed by atoms with Gasteiger partial charge in [0.25, 0.3) is 0 Å². The van der Waals surface area contributed by atoms with Gasteiger partial charge in [0.15, 0.2) is 5.60 Å². The summed E-state index contributed by atoms with van der Waals surface area (Å²) in [6.45, 7) is 2.03. The van der Waals surface area contributed by atoms with Gasteiger partial charge >= 0.3 is 5.97 Å². The fourth-order valence-corrected chi connectivity index (χ4v) is 2.52. The monoisotopic (exact) mass is 376 g/mol. The Balaban J connectivity index is 2.81. The first-order valence-electron chi connectivity index (χ1n) is 6.66. The van der Waals surface area contributed by atoms with Gasteiger partial charge in [-0.3, -0.25) is 0 Å². The van der Waals surface area contributed by atoms with Crippen LogP contribution < -0.4 is 0 Å². The van der Waals surface area contributed by atoms with E-state index in [1.54, 1.807) is 19.1 Å². The molecule has 0 spiro atoms. The molecule has 1 atom stereocenters. The van der Waals surface area contributed by atoms with Gasteiger partial charge in [0.05, 0.1) is 6.61 Å². The Morgan fingerprint density at radius 3 is 2.53 bits per heavy atom. The summed E-state index contributed by atoms with van der Waals surface area (Å²) in [7, 11) is 0. The van der Waals surface area contributed by atoms with Gasteiger partial charge in [0.1, 0.15) is 0 Å². The lowest BCUT2D eigenvalue weighted by Crippen LogP contribution is -2.37. The highest BCUT2D eigenvalue weighted by molar-refractivity contribution is 14.1. The van der Waals surface area contributed by atoms with E-state index in [9.17, 15) is 9.90 Å². The number of unbranched alkanes of at least 4 members (excludes halogenated alkanes) is 2. The molecule has 0 radical (unpaired) electrons. The van der Waals surface area contributed by atoms with E-state index in [0.717, 1.165) is 23.7 Å². The fourth-order valence-electron chi connectivity index (χ4n) is 1.98. The van der Waals surface area contributed by atoms with E-state index in [4.69, 9.17) is 4.74 Å². The number of halogens is 1. The van der Waals surface area contributed by atoms with Crippen LogP contribution in [-0.4, -0.2) is 22.1 Å². The molecule has 0 saturated heterocycles. The lowest BCUT2D eigenvalue weighted by atomic mass is 9.88. The molecule has 1 aromatic carbocycles. The smallest absolute Gasteiger partial charge is 0.342 e. The largest absolute Gasteiger partial charge is 0.464 e. The molecule has 0 saturated carbocycles. The van der Waals surface area contributed by atoms with Crippen molar-refractivity contribution in [1.82, 2.24) is 0 Å². The van der Waals surface area contributed by atoms with Crippen LogP contribution in [0.5, 0.6) is 0 Å². The van der Waals surface area contributed by atoms with E-state index >= 15 is 0 Å². The lowest BCUT2D eigenvalue weighted by Gasteiger charge is -2.26. The number of alkyl halides is 1. The van der Waals surface area contributed by atoms with Crippen LogP contribution >= 0.6 is 22.6 Å². The molecule has 0 aromatic heterocycles. The molecule has 0 heterocycles. The predicted molar refractivity (Wildman–Crippen MR) is 84.3 cm³/mol. The van der Waals surface area contributed by atoms with E-state index in [1.165, 1.54) is 0 Å². The minimum Gasteiger partial charge on any atom is -0.464 e. The first kappa shape index (κ1) is 16.4. The summed E-state index contributed by atoms with van der Waals surface area (Å²) >= 11 is 2.33. The molecule has 0 amide bonds. The van der Waals surface area contributed by atoms with Crippen molar-refractivity contribution in [2.24, 2.45) is 0 Å². The molecule has 3 nitrogen and oxygen atoms in total.